The van der Waals surface area contributed by atoms with Crippen molar-refractivity contribution in [1.29, 1.82) is 0 Å². The van der Waals surface area contributed by atoms with E-state index >= 15 is 0 Å². The number of benzene rings is 3. The third kappa shape index (κ3) is 4.61. The molecule has 0 fully saturated rings. The molecule has 6 nitrogen and oxygen atoms in total. The van der Waals surface area contributed by atoms with Crippen LogP contribution in [0.15, 0.2) is 66.7 Å². The van der Waals surface area contributed by atoms with E-state index in [0.29, 0.717) is 12.2 Å². The van der Waals surface area contributed by atoms with Gasteiger partial charge in [-0.1, -0.05) is 48.5 Å². The highest BCUT2D eigenvalue weighted by Crippen LogP contribution is 2.28. The van der Waals surface area contributed by atoms with Gasteiger partial charge in [-0.25, -0.2) is 8.42 Å². The summed E-state index contributed by atoms with van der Waals surface area (Å²) in [5.41, 5.74) is 1.38. The second-order valence-corrected chi connectivity index (χ2v) is 8.30. The molecule has 0 aliphatic carbocycles. The molecule has 0 saturated carbocycles. The third-order valence-electron chi connectivity index (χ3n) is 4.37. The Morgan fingerprint density at radius 1 is 1.00 bits per heavy atom. The molecule has 1 N–H and O–H groups in total. The fourth-order valence-corrected chi connectivity index (χ4v) is 3.81. The number of hydrogen-bond acceptors (Lipinski definition) is 4. The van der Waals surface area contributed by atoms with Crippen molar-refractivity contribution in [2.24, 2.45) is 0 Å². The van der Waals surface area contributed by atoms with Gasteiger partial charge in [-0.15, -0.1) is 0 Å². The number of nitrogens with zero attached hydrogens (tertiary/aromatic N) is 1. The van der Waals surface area contributed by atoms with Crippen LogP contribution in [-0.2, 0) is 21.4 Å². The van der Waals surface area contributed by atoms with E-state index in [1.54, 1.807) is 31.4 Å². The Hall–Kier alpha value is -3.06. The van der Waals surface area contributed by atoms with Crippen molar-refractivity contribution in [3.05, 3.63) is 72.3 Å². The van der Waals surface area contributed by atoms with Gasteiger partial charge in [0.1, 0.15) is 12.3 Å². The van der Waals surface area contributed by atoms with Gasteiger partial charge < -0.3 is 10.1 Å². The molecule has 0 heterocycles. The van der Waals surface area contributed by atoms with E-state index in [-0.39, 0.29) is 12.5 Å². The Bertz CT molecular complexity index is 1070. The maximum absolute atomic E-state index is 12.5. The number of hydrogen-bond donors (Lipinski definition) is 1. The SMILES string of the molecule is COc1ccc(CNC(=O)CN(c2cccc3ccccc23)S(C)(=O)=O)cc1. The summed E-state index contributed by atoms with van der Waals surface area (Å²) in [6, 6.07) is 20.2. The predicted octanol–water partition coefficient (Wildman–Crippen LogP) is 2.93. The predicted molar refractivity (Wildman–Crippen MR) is 111 cm³/mol. The van der Waals surface area contributed by atoms with Crippen LogP contribution in [0.2, 0.25) is 0 Å². The molecule has 0 radical (unpaired) electrons. The van der Waals surface area contributed by atoms with Gasteiger partial charge in [-0.3, -0.25) is 9.10 Å². The second-order valence-electron chi connectivity index (χ2n) is 6.39. The number of amides is 1. The highest BCUT2D eigenvalue weighted by Gasteiger charge is 2.22. The van der Waals surface area contributed by atoms with Crippen LogP contribution in [0.4, 0.5) is 5.69 Å². The summed E-state index contributed by atoms with van der Waals surface area (Å²) in [5, 5.41) is 4.46. The number of fused-ring (bicyclic) bond motifs is 1. The van der Waals surface area contributed by atoms with Crippen LogP contribution in [0, 0.1) is 0 Å². The summed E-state index contributed by atoms with van der Waals surface area (Å²) in [6.07, 6.45) is 1.10. The van der Waals surface area contributed by atoms with Gasteiger partial charge in [0.15, 0.2) is 0 Å². The maximum atomic E-state index is 12.5. The van der Waals surface area contributed by atoms with Crippen LogP contribution < -0.4 is 14.4 Å². The first-order valence-electron chi connectivity index (χ1n) is 8.73. The van der Waals surface area contributed by atoms with Crippen molar-refractivity contribution in [2.75, 3.05) is 24.2 Å². The van der Waals surface area contributed by atoms with Crippen molar-refractivity contribution in [3.63, 3.8) is 0 Å². The van der Waals surface area contributed by atoms with Gasteiger partial charge in [0.2, 0.25) is 15.9 Å². The van der Waals surface area contributed by atoms with Gasteiger partial charge in [0.25, 0.3) is 0 Å². The van der Waals surface area contributed by atoms with E-state index in [1.807, 2.05) is 42.5 Å². The molecule has 0 unspecified atom stereocenters. The molecule has 0 aliphatic heterocycles. The molecule has 28 heavy (non-hydrogen) atoms. The zero-order chi connectivity index (χ0) is 20.1. The number of carbonyl (C=O) groups is 1. The first-order valence-corrected chi connectivity index (χ1v) is 10.6. The Morgan fingerprint density at radius 2 is 1.68 bits per heavy atom. The molecule has 0 aromatic heterocycles. The van der Waals surface area contributed by atoms with E-state index in [9.17, 15) is 13.2 Å². The number of ether oxygens (including phenoxy) is 1. The van der Waals surface area contributed by atoms with Crippen LogP contribution in [0.5, 0.6) is 5.75 Å². The van der Waals surface area contributed by atoms with Gasteiger partial charge in [0, 0.05) is 11.9 Å². The molecular formula is C21H22N2O4S. The number of sulfonamides is 1. The lowest BCUT2D eigenvalue weighted by molar-refractivity contribution is -0.119. The monoisotopic (exact) mass is 398 g/mol. The molecular weight excluding hydrogens is 376 g/mol. The lowest BCUT2D eigenvalue weighted by Gasteiger charge is -2.23. The summed E-state index contributed by atoms with van der Waals surface area (Å²) < 4.78 is 31.0. The molecule has 3 aromatic rings. The lowest BCUT2D eigenvalue weighted by atomic mass is 10.1. The quantitative estimate of drug-likeness (QED) is 0.664. The van der Waals surface area contributed by atoms with Crippen molar-refractivity contribution >= 4 is 32.4 Å². The Morgan fingerprint density at radius 3 is 2.36 bits per heavy atom. The lowest BCUT2D eigenvalue weighted by Crippen LogP contribution is -2.40. The first kappa shape index (κ1) is 19.7. The third-order valence-corrected chi connectivity index (χ3v) is 5.50. The molecule has 0 aliphatic rings. The number of anilines is 1. The molecule has 0 bridgehead atoms. The average molecular weight is 398 g/mol. The fraction of sp³-hybridized carbons (Fsp3) is 0.190. The summed E-state index contributed by atoms with van der Waals surface area (Å²) in [5.74, 6) is 0.350. The molecule has 0 saturated heterocycles. The summed E-state index contributed by atoms with van der Waals surface area (Å²) in [6.45, 7) is 0.0129. The van der Waals surface area contributed by atoms with E-state index in [4.69, 9.17) is 4.74 Å². The van der Waals surface area contributed by atoms with Crippen LogP contribution in [-0.4, -0.2) is 34.2 Å². The van der Waals surface area contributed by atoms with Crippen molar-refractivity contribution < 1.29 is 17.9 Å². The summed E-state index contributed by atoms with van der Waals surface area (Å²) >= 11 is 0. The van der Waals surface area contributed by atoms with Gasteiger partial charge in [0.05, 0.1) is 19.1 Å². The molecule has 0 atom stereocenters. The molecule has 3 rings (SSSR count). The average Bonchev–Trinajstić information content (AvgIpc) is 2.69. The normalized spacial score (nSPS) is 11.2. The number of nitrogens with one attached hydrogen (secondary N) is 1. The van der Waals surface area contributed by atoms with Gasteiger partial charge in [-0.2, -0.15) is 0 Å². The zero-order valence-corrected chi connectivity index (χ0v) is 16.6. The molecule has 146 valence electrons. The van der Waals surface area contributed by atoms with E-state index in [2.05, 4.69) is 5.32 Å². The van der Waals surface area contributed by atoms with Crippen molar-refractivity contribution in [2.45, 2.75) is 6.54 Å². The standard InChI is InChI=1S/C21H22N2O4S/c1-27-18-12-10-16(11-13-18)14-22-21(24)15-23(28(2,25)26)20-9-5-7-17-6-3-4-8-19(17)20/h3-13H,14-15H2,1-2H3,(H,22,24). The van der Waals surface area contributed by atoms with E-state index in [0.717, 1.165) is 32.6 Å². The number of carbonyl (C=O) groups excluding carboxylic acids is 1. The molecule has 1 amide bonds. The number of methoxy groups -OCH3 is 1. The number of rotatable bonds is 7. The highest BCUT2D eigenvalue weighted by molar-refractivity contribution is 7.92. The van der Waals surface area contributed by atoms with Crippen molar-refractivity contribution in [1.82, 2.24) is 5.32 Å². The molecule has 0 spiro atoms. The van der Waals surface area contributed by atoms with Crippen LogP contribution in [0.3, 0.4) is 0 Å². The second kappa shape index (κ2) is 8.31. The Labute approximate surface area is 164 Å². The minimum atomic E-state index is -3.64. The first-order chi connectivity index (χ1) is 13.4. The highest BCUT2D eigenvalue weighted by atomic mass is 32.2. The fourth-order valence-electron chi connectivity index (χ4n) is 2.94. The van der Waals surface area contributed by atoms with Crippen molar-refractivity contribution in [3.8, 4) is 5.75 Å². The van der Waals surface area contributed by atoms with Crippen LogP contribution in [0.25, 0.3) is 10.8 Å². The minimum Gasteiger partial charge on any atom is -0.497 e. The smallest absolute Gasteiger partial charge is 0.241 e. The van der Waals surface area contributed by atoms with E-state index < -0.39 is 10.0 Å². The van der Waals surface area contributed by atoms with Crippen LogP contribution >= 0.6 is 0 Å². The molecule has 3 aromatic carbocycles. The Balaban J connectivity index is 1.78. The molecule has 7 heteroatoms. The van der Waals surface area contributed by atoms with Crippen LogP contribution in [0.1, 0.15) is 5.56 Å². The summed E-state index contributed by atoms with van der Waals surface area (Å²) in [4.78, 5) is 12.5. The minimum absolute atomic E-state index is 0.289. The largest absolute Gasteiger partial charge is 0.497 e. The van der Waals surface area contributed by atoms with E-state index in [1.165, 1.54) is 0 Å². The maximum Gasteiger partial charge on any atom is 0.241 e. The van der Waals surface area contributed by atoms with Gasteiger partial charge >= 0.3 is 0 Å². The summed E-state index contributed by atoms with van der Waals surface area (Å²) in [7, 11) is -2.05. The topological polar surface area (TPSA) is 75.7 Å². The Kier molecular flexibility index (Phi) is 5.84. The zero-order valence-electron chi connectivity index (χ0n) is 15.8. The van der Waals surface area contributed by atoms with Gasteiger partial charge in [-0.05, 0) is 29.1 Å².